The van der Waals surface area contributed by atoms with Gasteiger partial charge in [-0.05, 0) is 31.0 Å². The summed E-state index contributed by atoms with van der Waals surface area (Å²) in [6.45, 7) is 2.94. The third kappa shape index (κ3) is 6.23. The number of carbonyl (C=O) groups is 2. The third-order valence-electron chi connectivity index (χ3n) is 5.77. The highest BCUT2D eigenvalue weighted by atomic mass is 16.5. The molecule has 1 aliphatic carbocycles. The lowest BCUT2D eigenvalue weighted by molar-refractivity contribution is -0.118. The van der Waals surface area contributed by atoms with Crippen molar-refractivity contribution in [1.29, 1.82) is 0 Å². The average Bonchev–Trinajstić information content (AvgIpc) is 3.71. The summed E-state index contributed by atoms with van der Waals surface area (Å²) in [7, 11) is 0. The van der Waals surface area contributed by atoms with Crippen LogP contribution in [0.15, 0.2) is 49.3 Å². The molecule has 180 valence electrons. The van der Waals surface area contributed by atoms with Crippen LogP contribution in [0.5, 0.6) is 5.75 Å². The maximum Gasteiger partial charge on any atom is 0.238 e. The monoisotopic (exact) mass is 474 g/mol. The lowest BCUT2D eigenvalue weighted by Gasteiger charge is -2.26. The predicted octanol–water partition coefficient (Wildman–Crippen LogP) is 2.17. The van der Waals surface area contributed by atoms with Crippen LogP contribution in [0.1, 0.15) is 28.9 Å². The second-order valence-corrected chi connectivity index (χ2v) is 8.58. The van der Waals surface area contributed by atoms with Gasteiger partial charge in [0.15, 0.2) is 5.78 Å². The van der Waals surface area contributed by atoms with Gasteiger partial charge >= 0.3 is 0 Å². The van der Waals surface area contributed by atoms with E-state index in [9.17, 15) is 9.59 Å². The topological polar surface area (TPSA) is 119 Å². The first kappa shape index (κ1) is 23.0. The molecule has 2 aliphatic rings. The molecule has 3 heterocycles. The van der Waals surface area contributed by atoms with E-state index in [0.717, 1.165) is 18.4 Å². The van der Waals surface area contributed by atoms with E-state index in [2.05, 4.69) is 25.3 Å². The van der Waals surface area contributed by atoms with Gasteiger partial charge in [-0.2, -0.15) is 0 Å². The van der Waals surface area contributed by atoms with E-state index in [4.69, 9.17) is 9.47 Å². The number of benzene rings is 1. The molecule has 0 atom stereocenters. The second-order valence-electron chi connectivity index (χ2n) is 8.58. The number of nitrogens with zero attached hydrogens (tertiary/aromatic N) is 5. The summed E-state index contributed by atoms with van der Waals surface area (Å²) in [6, 6.07) is 5.15. The summed E-state index contributed by atoms with van der Waals surface area (Å²) >= 11 is 0. The first-order chi connectivity index (χ1) is 17.1. The SMILES string of the molecule is O=C(CN1CCOCC1)Nc1cc(C(=O)Cc2cnc(-c3cncnc3)cn2)ccc1OC1CC1. The van der Waals surface area contributed by atoms with E-state index in [0.29, 0.717) is 54.7 Å². The number of hydrogen-bond donors (Lipinski definition) is 1. The number of ketones is 1. The fourth-order valence-electron chi connectivity index (χ4n) is 3.71. The van der Waals surface area contributed by atoms with Gasteiger partial charge in [-0.1, -0.05) is 0 Å². The predicted molar refractivity (Wildman–Crippen MR) is 127 cm³/mol. The zero-order valence-electron chi connectivity index (χ0n) is 19.2. The van der Waals surface area contributed by atoms with Crippen LogP contribution in [0, 0.1) is 0 Å². The molecule has 0 spiro atoms. The van der Waals surface area contributed by atoms with Gasteiger partial charge < -0.3 is 14.8 Å². The zero-order valence-corrected chi connectivity index (χ0v) is 19.2. The lowest BCUT2D eigenvalue weighted by atomic mass is 10.1. The van der Waals surface area contributed by atoms with Crippen LogP contribution in [0.3, 0.4) is 0 Å². The quantitative estimate of drug-likeness (QED) is 0.465. The number of ether oxygens (including phenoxy) is 2. The fraction of sp³-hybridized carbons (Fsp3) is 0.360. The van der Waals surface area contributed by atoms with Gasteiger partial charge in [0.1, 0.15) is 12.1 Å². The molecule has 3 aromatic rings. The van der Waals surface area contributed by atoms with Gasteiger partial charge in [-0.25, -0.2) is 9.97 Å². The smallest absolute Gasteiger partial charge is 0.238 e. The molecular weight excluding hydrogens is 448 g/mol. The standard InChI is InChI=1S/C25H26N6O4/c32-23(10-19-13-29-22(14-28-19)18-11-26-16-27-12-18)17-1-4-24(35-20-2-3-20)21(9-17)30-25(33)15-31-5-7-34-8-6-31/h1,4,9,11-14,16,20H,2-3,5-8,10,15H2,(H,30,33). The molecule has 1 aliphatic heterocycles. The van der Waals surface area contributed by atoms with E-state index in [1.807, 2.05) is 4.90 Å². The Morgan fingerprint density at radius 2 is 1.86 bits per heavy atom. The van der Waals surface area contributed by atoms with Crippen molar-refractivity contribution in [3.8, 4) is 17.0 Å². The molecule has 1 aromatic carbocycles. The largest absolute Gasteiger partial charge is 0.488 e. The average molecular weight is 475 g/mol. The number of rotatable bonds is 9. The molecule has 10 heteroatoms. The van der Waals surface area contributed by atoms with E-state index >= 15 is 0 Å². The number of aromatic nitrogens is 4. The van der Waals surface area contributed by atoms with Crippen LogP contribution >= 0.6 is 0 Å². The molecule has 0 bridgehead atoms. The van der Waals surface area contributed by atoms with Crippen molar-refractivity contribution in [2.75, 3.05) is 38.2 Å². The number of anilines is 1. The molecule has 0 unspecified atom stereocenters. The molecule has 1 saturated carbocycles. The van der Waals surface area contributed by atoms with Gasteiger partial charge in [0.25, 0.3) is 0 Å². The summed E-state index contributed by atoms with van der Waals surface area (Å²) < 4.78 is 11.3. The minimum absolute atomic E-state index is 0.0859. The Morgan fingerprint density at radius 3 is 2.57 bits per heavy atom. The van der Waals surface area contributed by atoms with E-state index in [1.165, 1.54) is 6.33 Å². The van der Waals surface area contributed by atoms with Gasteiger partial charge in [0, 0.05) is 42.8 Å². The number of amides is 1. The maximum atomic E-state index is 13.0. The van der Waals surface area contributed by atoms with Crippen molar-refractivity contribution in [2.45, 2.75) is 25.4 Å². The first-order valence-electron chi connectivity index (χ1n) is 11.6. The van der Waals surface area contributed by atoms with Crippen LogP contribution in [0.4, 0.5) is 5.69 Å². The second kappa shape index (κ2) is 10.7. The normalized spacial score (nSPS) is 16.0. The summed E-state index contributed by atoms with van der Waals surface area (Å²) in [5.41, 5.74) is 2.91. The Labute approximate surface area is 202 Å². The van der Waals surface area contributed by atoms with Crippen molar-refractivity contribution in [3.05, 3.63) is 60.6 Å². The Morgan fingerprint density at radius 1 is 1.06 bits per heavy atom. The highest BCUT2D eigenvalue weighted by molar-refractivity contribution is 6.00. The van der Waals surface area contributed by atoms with Crippen molar-refractivity contribution >= 4 is 17.4 Å². The van der Waals surface area contributed by atoms with E-state index in [1.54, 1.807) is 43.0 Å². The Bertz CT molecular complexity index is 1180. The third-order valence-corrected chi connectivity index (χ3v) is 5.77. The summed E-state index contributed by atoms with van der Waals surface area (Å²) in [5.74, 6) is 0.300. The van der Waals surface area contributed by atoms with Gasteiger partial charge in [-0.3, -0.25) is 24.5 Å². The number of carbonyl (C=O) groups excluding carboxylic acids is 2. The van der Waals surface area contributed by atoms with Crippen LogP contribution in [-0.2, 0) is 16.0 Å². The molecule has 0 radical (unpaired) electrons. The highest BCUT2D eigenvalue weighted by Gasteiger charge is 2.25. The van der Waals surface area contributed by atoms with E-state index in [-0.39, 0.29) is 30.8 Å². The highest BCUT2D eigenvalue weighted by Crippen LogP contribution is 2.33. The number of Topliss-reactive ketones (excluding diaryl/α,β-unsaturated/α-hetero) is 1. The summed E-state index contributed by atoms with van der Waals surface area (Å²) in [6.07, 6.45) is 10.2. The number of nitrogens with one attached hydrogen (secondary N) is 1. The molecule has 2 fully saturated rings. The lowest BCUT2D eigenvalue weighted by Crippen LogP contribution is -2.41. The molecule has 10 nitrogen and oxygen atoms in total. The summed E-state index contributed by atoms with van der Waals surface area (Å²) in [5, 5.41) is 2.94. The number of hydrogen-bond acceptors (Lipinski definition) is 9. The molecule has 1 saturated heterocycles. The van der Waals surface area contributed by atoms with Gasteiger partial charge in [0.05, 0.1) is 55.6 Å². The Kier molecular flexibility index (Phi) is 7.01. The number of morpholine rings is 1. The molecule has 35 heavy (non-hydrogen) atoms. The first-order valence-corrected chi connectivity index (χ1v) is 11.6. The van der Waals surface area contributed by atoms with Crippen molar-refractivity contribution < 1.29 is 19.1 Å². The van der Waals surface area contributed by atoms with E-state index < -0.39 is 0 Å². The van der Waals surface area contributed by atoms with Crippen LogP contribution in [0.25, 0.3) is 11.3 Å². The zero-order chi connectivity index (χ0) is 24.0. The van der Waals surface area contributed by atoms with Gasteiger partial charge in [-0.15, -0.1) is 0 Å². The summed E-state index contributed by atoms with van der Waals surface area (Å²) in [4.78, 5) is 44.5. The van der Waals surface area contributed by atoms with Crippen LogP contribution < -0.4 is 10.1 Å². The fourth-order valence-corrected chi connectivity index (χ4v) is 3.71. The maximum absolute atomic E-state index is 13.0. The Balaban J connectivity index is 1.27. The molecule has 1 amide bonds. The minimum Gasteiger partial charge on any atom is -0.488 e. The Hall–Kier alpha value is -3.76. The van der Waals surface area contributed by atoms with Crippen molar-refractivity contribution in [1.82, 2.24) is 24.8 Å². The van der Waals surface area contributed by atoms with Gasteiger partial charge in [0.2, 0.25) is 5.91 Å². The molecule has 2 aromatic heterocycles. The van der Waals surface area contributed by atoms with Crippen LogP contribution in [-0.4, -0.2) is 75.5 Å². The molecule has 1 N–H and O–H groups in total. The van der Waals surface area contributed by atoms with Crippen molar-refractivity contribution in [2.24, 2.45) is 0 Å². The minimum atomic E-state index is -0.150. The van der Waals surface area contributed by atoms with Crippen LogP contribution in [0.2, 0.25) is 0 Å². The van der Waals surface area contributed by atoms with Crippen molar-refractivity contribution in [3.63, 3.8) is 0 Å². The molecular formula is C25H26N6O4. The molecule has 5 rings (SSSR count).